The Morgan fingerprint density at radius 2 is 2.41 bits per heavy atom. The first-order valence-electron chi connectivity index (χ1n) is 5.13. The summed E-state index contributed by atoms with van der Waals surface area (Å²) in [6, 6.07) is 0. The van der Waals surface area contributed by atoms with Crippen LogP contribution in [0.4, 0.5) is 5.82 Å². The molecule has 17 heavy (non-hydrogen) atoms. The van der Waals surface area contributed by atoms with Gasteiger partial charge in [-0.3, -0.25) is 9.48 Å². The molecule has 0 aliphatic heterocycles. The fourth-order valence-electron chi connectivity index (χ4n) is 1.38. The Bertz CT molecular complexity index is 562. The zero-order chi connectivity index (χ0) is 12.3. The van der Waals surface area contributed by atoms with E-state index in [4.69, 9.17) is 0 Å². The molecule has 90 valence electrons. The number of aromatic amines is 1. The van der Waals surface area contributed by atoms with E-state index in [2.05, 4.69) is 20.4 Å². The molecule has 0 aliphatic carbocycles. The molecular weight excluding hydrogens is 333 g/mol. The van der Waals surface area contributed by atoms with Crippen LogP contribution < -0.4 is 10.9 Å². The third-order valence-corrected chi connectivity index (χ3v) is 3.19. The van der Waals surface area contributed by atoms with E-state index in [-0.39, 0.29) is 5.56 Å². The molecule has 0 amide bonds. The second-order valence-electron chi connectivity index (χ2n) is 3.60. The number of nitrogens with one attached hydrogen (secondary N) is 2. The number of hydrogen-bond donors (Lipinski definition) is 2. The Balaban J connectivity index is 1.94. The predicted octanol–water partition coefficient (Wildman–Crippen LogP) is 0.992. The Labute approximate surface area is 112 Å². The Morgan fingerprint density at radius 3 is 3.12 bits per heavy atom. The lowest BCUT2D eigenvalue weighted by molar-refractivity contribution is 0.636. The molecule has 2 aromatic rings. The first-order valence-corrected chi connectivity index (χ1v) is 6.21. The second-order valence-corrected chi connectivity index (χ2v) is 4.68. The second kappa shape index (κ2) is 5.30. The van der Waals surface area contributed by atoms with Crippen molar-refractivity contribution in [2.75, 3.05) is 11.9 Å². The van der Waals surface area contributed by atoms with Crippen LogP contribution in [0.25, 0.3) is 0 Å². The summed E-state index contributed by atoms with van der Waals surface area (Å²) < 4.78 is 2.42. The lowest BCUT2D eigenvalue weighted by Gasteiger charge is -2.06. The molecule has 0 saturated carbocycles. The molecule has 0 saturated heterocycles. The lowest BCUT2D eigenvalue weighted by Crippen LogP contribution is -2.17. The van der Waals surface area contributed by atoms with Gasteiger partial charge in [-0.1, -0.05) is 0 Å². The molecule has 0 aromatic carbocycles. The number of aromatic nitrogens is 4. The number of anilines is 1. The molecule has 2 rings (SSSR count). The van der Waals surface area contributed by atoms with Crippen LogP contribution in [0.15, 0.2) is 23.5 Å². The summed E-state index contributed by atoms with van der Waals surface area (Å²) in [6.45, 7) is 3.41. The van der Waals surface area contributed by atoms with Gasteiger partial charge in [0.15, 0.2) is 0 Å². The maximum absolute atomic E-state index is 11.3. The first kappa shape index (κ1) is 12.1. The molecule has 0 unspecified atom stereocenters. The van der Waals surface area contributed by atoms with E-state index in [1.807, 2.05) is 46.6 Å². The largest absolute Gasteiger partial charge is 0.367 e. The highest BCUT2D eigenvalue weighted by atomic mass is 127. The number of hydrogen-bond acceptors (Lipinski definition) is 4. The molecule has 0 radical (unpaired) electrons. The molecule has 2 heterocycles. The summed E-state index contributed by atoms with van der Waals surface area (Å²) in [4.78, 5) is 17.9. The Kier molecular flexibility index (Phi) is 3.77. The van der Waals surface area contributed by atoms with E-state index >= 15 is 0 Å². The van der Waals surface area contributed by atoms with Crippen molar-refractivity contribution in [3.63, 3.8) is 0 Å². The van der Waals surface area contributed by atoms with Crippen LogP contribution in [0.1, 0.15) is 5.56 Å². The Morgan fingerprint density at radius 1 is 1.59 bits per heavy atom. The highest BCUT2D eigenvalue weighted by molar-refractivity contribution is 14.1. The number of H-pyrrole nitrogens is 1. The van der Waals surface area contributed by atoms with Crippen LogP contribution in [0, 0.1) is 10.5 Å². The van der Waals surface area contributed by atoms with Crippen molar-refractivity contribution in [3.8, 4) is 0 Å². The molecule has 0 aliphatic rings. The fourth-order valence-corrected chi connectivity index (χ4v) is 1.87. The van der Waals surface area contributed by atoms with Crippen molar-refractivity contribution < 1.29 is 0 Å². The topological polar surface area (TPSA) is 75.6 Å². The third-order valence-electron chi connectivity index (χ3n) is 2.19. The molecule has 6 nitrogen and oxygen atoms in total. The van der Waals surface area contributed by atoms with E-state index < -0.39 is 0 Å². The van der Waals surface area contributed by atoms with Crippen LogP contribution in [-0.4, -0.2) is 26.3 Å². The maximum atomic E-state index is 11.3. The third kappa shape index (κ3) is 3.05. The molecule has 0 spiro atoms. The van der Waals surface area contributed by atoms with Gasteiger partial charge in [-0.15, -0.1) is 0 Å². The minimum absolute atomic E-state index is 0.127. The van der Waals surface area contributed by atoms with Crippen molar-refractivity contribution in [1.29, 1.82) is 0 Å². The zero-order valence-corrected chi connectivity index (χ0v) is 11.4. The number of halogens is 1. The summed E-state index contributed by atoms with van der Waals surface area (Å²) in [5.74, 6) is 0.609. The number of rotatable bonds is 4. The molecule has 0 bridgehead atoms. The fraction of sp³-hybridized carbons (Fsp3) is 0.300. The van der Waals surface area contributed by atoms with Crippen LogP contribution in [0.3, 0.4) is 0 Å². The average molecular weight is 345 g/mol. The highest BCUT2D eigenvalue weighted by Gasteiger charge is 2.03. The summed E-state index contributed by atoms with van der Waals surface area (Å²) in [5, 5.41) is 7.29. The summed E-state index contributed by atoms with van der Waals surface area (Å²) in [7, 11) is 0. The minimum Gasteiger partial charge on any atom is -0.367 e. The zero-order valence-electron chi connectivity index (χ0n) is 9.27. The lowest BCUT2D eigenvalue weighted by atomic mass is 10.4. The van der Waals surface area contributed by atoms with Crippen LogP contribution in [0.5, 0.6) is 0 Å². The molecule has 2 aromatic heterocycles. The van der Waals surface area contributed by atoms with Gasteiger partial charge in [0.2, 0.25) is 0 Å². The predicted molar refractivity (Wildman–Crippen MR) is 73.0 cm³/mol. The van der Waals surface area contributed by atoms with Gasteiger partial charge in [0.25, 0.3) is 5.56 Å². The number of aryl methyl sites for hydroxylation is 1. The monoisotopic (exact) mass is 345 g/mol. The van der Waals surface area contributed by atoms with Crippen molar-refractivity contribution in [1.82, 2.24) is 19.7 Å². The summed E-state index contributed by atoms with van der Waals surface area (Å²) >= 11 is 1.97. The first-order chi connectivity index (χ1) is 8.16. The SMILES string of the molecule is Cc1cnn(CCNc2nc[nH]c(=O)c2I)c1. The van der Waals surface area contributed by atoms with Crippen molar-refractivity contribution >= 4 is 28.4 Å². The van der Waals surface area contributed by atoms with Crippen LogP contribution in [-0.2, 0) is 6.54 Å². The average Bonchev–Trinajstić information content (AvgIpc) is 2.70. The van der Waals surface area contributed by atoms with Crippen molar-refractivity contribution in [2.45, 2.75) is 13.5 Å². The normalized spacial score (nSPS) is 10.5. The van der Waals surface area contributed by atoms with Gasteiger partial charge in [-0.2, -0.15) is 5.10 Å². The summed E-state index contributed by atoms with van der Waals surface area (Å²) in [5.41, 5.74) is 1.01. The van der Waals surface area contributed by atoms with Gasteiger partial charge in [0, 0.05) is 12.7 Å². The van der Waals surface area contributed by atoms with Gasteiger partial charge in [-0.25, -0.2) is 4.98 Å². The van der Waals surface area contributed by atoms with Gasteiger partial charge >= 0.3 is 0 Å². The van der Waals surface area contributed by atoms with E-state index in [1.165, 1.54) is 6.33 Å². The van der Waals surface area contributed by atoms with E-state index in [0.717, 1.165) is 12.1 Å². The van der Waals surface area contributed by atoms with E-state index in [9.17, 15) is 4.79 Å². The smallest absolute Gasteiger partial charge is 0.266 e. The standard InChI is InChI=1S/C10H12IN5O/c1-7-4-15-16(5-7)3-2-12-9-8(11)10(17)14-6-13-9/h4-6H,2-3H2,1H3,(H2,12,13,14,17). The van der Waals surface area contributed by atoms with Gasteiger partial charge in [-0.05, 0) is 35.1 Å². The van der Waals surface area contributed by atoms with Crippen molar-refractivity contribution in [2.24, 2.45) is 0 Å². The molecule has 0 atom stereocenters. The summed E-state index contributed by atoms with van der Waals surface area (Å²) in [6.07, 6.45) is 5.18. The van der Waals surface area contributed by atoms with Gasteiger partial charge in [0.1, 0.15) is 9.39 Å². The minimum atomic E-state index is -0.127. The van der Waals surface area contributed by atoms with Crippen LogP contribution >= 0.6 is 22.6 Å². The van der Waals surface area contributed by atoms with Crippen LogP contribution in [0.2, 0.25) is 0 Å². The van der Waals surface area contributed by atoms with E-state index in [0.29, 0.717) is 15.9 Å². The Hall–Kier alpha value is -1.38. The maximum Gasteiger partial charge on any atom is 0.266 e. The van der Waals surface area contributed by atoms with Gasteiger partial charge < -0.3 is 10.3 Å². The van der Waals surface area contributed by atoms with Gasteiger partial charge in [0.05, 0.1) is 19.1 Å². The molecular formula is C10H12IN5O. The molecule has 0 fully saturated rings. The molecule has 2 N–H and O–H groups in total. The highest BCUT2D eigenvalue weighted by Crippen LogP contribution is 2.08. The number of nitrogens with zero attached hydrogens (tertiary/aromatic N) is 3. The quantitative estimate of drug-likeness (QED) is 0.811. The molecule has 7 heteroatoms. The van der Waals surface area contributed by atoms with Crippen molar-refractivity contribution in [3.05, 3.63) is 38.2 Å². The van der Waals surface area contributed by atoms with E-state index in [1.54, 1.807) is 0 Å².